The average molecular weight is 364 g/mol. The Balaban J connectivity index is 1.46. The molecule has 1 fully saturated rings. The molecule has 1 heterocycles. The van der Waals surface area contributed by atoms with Gasteiger partial charge in [0, 0.05) is 19.5 Å². The summed E-state index contributed by atoms with van der Waals surface area (Å²) in [6.45, 7) is 3.27. The van der Waals surface area contributed by atoms with Crippen LogP contribution in [0.3, 0.4) is 0 Å². The van der Waals surface area contributed by atoms with E-state index in [2.05, 4.69) is 36.5 Å². The number of aryl methyl sites for hydroxylation is 2. The molecule has 0 unspecified atom stereocenters. The average Bonchev–Trinajstić information content (AvgIpc) is 3.18. The van der Waals surface area contributed by atoms with Crippen LogP contribution in [0, 0.1) is 6.92 Å². The first-order valence-corrected chi connectivity index (χ1v) is 9.80. The molecule has 0 saturated carbocycles. The third kappa shape index (κ3) is 5.43. The van der Waals surface area contributed by atoms with Crippen LogP contribution in [0.2, 0.25) is 0 Å². The van der Waals surface area contributed by atoms with E-state index < -0.39 is 0 Å². The van der Waals surface area contributed by atoms with Gasteiger partial charge in [0.2, 0.25) is 11.8 Å². The van der Waals surface area contributed by atoms with Crippen LogP contribution in [0.4, 0.5) is 0 Å². The van der Waals surface area contributed by atoms with Crippen molar-refractivity contribution in [3.05, 3.63) is 71.3 Å². The molecule has 0 radical (unpaired) electrons. The van der Waals surface area contributed by atoms with Gasteiger partial charge in [0.1, 0.15) is 6.04 Å². The Hall–Kier alpha value is -2.62. The van der Waals surface area contributed by atoms with Crippen LogP contribution in [0.5, 0.6) is 0 Å². The van der Waals surface area contributed by atoms with Crippen molar-refractivity contribution >= 4 is 11.8 Å². The first kappa shape index (κ1) is 19.2. The van der Waals surface area contributed by atoms with Crippen LogP contribution in [-0.4, -0.2) is 29.3 Å². The number of hydrogen-bond acceptors (Lipinski definition) is 2. The minimum atomic E-state index is -0.319. The number of benzene rings is 2. The molecule has 1 atom stereocenters. The van der Waals surface area contributed by atoms with E-state index in [0.717, 1.165) is 31.2 Å². The number of hydrogen-bond donors (Lipinski definition) is 1. The van der Waals surface area contributed by atoms with Gasteiger partial charge in [-0.05, 0) is 43.7 Å². The molecule has 4 heteroatoms. The van der Waals surface area contributed by atoms with E-state index in [4.69, 9.17) is 0 Å². The fraction of sp³-hybridized carbons (Fsp3) is 0.391. The van der Waals surface area contributed by atoms with E-state index >= 15 is 0 Å². The summed E-state index contributed by atoms with van der Waals surface area (Å²) in [5, 5.41) is 2.98. The summed E-state index contributed by atoms with van der Waals surface area (Å²) in [6.07, 6.45) is 3.86. The van der Waals surface area contributed by atoms with Gasteiger partial charge >= 0.3 is 0 Å². The summed E-state index contributed by atoms with van der Waals surface area (Å²) in [5.74, 6) is 0.0581. The van der Waals surface area contributed by atoms with Crippen LogP contribution in [0.15, 0.2) is 54.6 Å². The number of nitrogens with zero attached hydrogens (tertiary/aromatic N) is 1. The van der Waals surface area contributed by atoms with Crippen molar-refractivity contribution in [3.8, 4) is 0 Å². The maximum atomic E-state index is 12.6. The maximum Gasteiger partial charge on any atom is 0.243 e. The van der Waals surface area contributed by atoms with E-state index in [0.29, 0.717) is 19.5 Å². The molecular weight excluding hydrogens is 336 g/mol. The lowest BCUT2D eigenvalue weighted by molar-refractivity contribution is -0.138. The Morgan fingerprint density at radius 1 is 1.04 bits per heavy atom. The molecule has 0 bridgehead atoms. The molecule has 142 valence electrons. The number of rotatable bonds is 7. The quantitative estimate of drug-likeness (QED) is 0.816. The highest BCUT2D eigenvalue weighted by molar-refractivity contribution is 5.88. The first-order chi connectivity index (χ1) is 13.1. The van der Waals surface area contributed by atoms with E-state index in [1.165, 1.54) is 11.1 Å². The SMILES string of the molecule is Cc1ccc(CCCC(=O)N2CCC[C@@H]2C(=O)NCc2ccccc2)cc1. The molecular formula is C23H28N2O2. The van der Waals surface area contributed by atoms with Gasteiger partial charge in [0.05, 0.1) is 0 Å². The van der Waals surface area contributed by atoms with E-state index in [9.17, 15) is 9.59 Å². The predicted octanol–water partition coefficient (Wildman–Crippen LogP) is 3.63. The molecule has 2 amide bonds. The van der Waals surface area contributed by atoms with Crippen LogP contribution >= 0.6 is 0 Å². The highest BCUT2D eigenvalue weighted by atomic mass is 16.2. The van der Waals surface area contributed by atoms with Crippen molar-refractivity contribution in [1.82, 2.24) is 10.2 Å². The summed E-state index contributed by atoms with van der Waals surface area (Å²) in [5.41, 5.74) is 3.57. The second-order valence-corrected chi connectivity index (χ2v) is 7.29. The van der Waals surface area contributed by atoms with Gasteiger partial charge in [0.25, 0.3) is 0 Å². The molecule has 1 N–H and O–H groups in total. The third-order valence-corrected chi connectivity index (χ3v) is 5.16. The van der Waals surface area contributed by atoms with Gasteiger partial charge < -0.3 is 10.2 Å². The van der Waals surface area contributed by atoms with Gasteiger partial charge in [0.15, 0.2) is 0 Å². The zero-order valence-electron chi connectivity index (χ0n) is 16.0. The van der Waals surface area contributed by atoms with E-state index in [1.807, 2.05) is 30.3 Å². The van der Waals surface area contributed by atoms with E-state index in [-0.39, 0.29) is 17.9 Å². The Labute approximate surface area is 161 Å². The maximum absolute atomic E-state index is 12.6. The Bertz CT molecular complexity index is 756. The molecule has 4 nitrogen and oxygen atoms in total. The minimum absolute atomic E-state index is 0.0387. The lowest BCUT2D eigenvalue weighted by atomic mass is 10.1. The molecule has 27 heavy (non-hydrogen) atoms. The van der Waals surface area contributed by atoms with Crippen LogP contribution < -0.4 is 5.32 Å². The van der Waals surface area contributed by atoms with Crippen LogP contribution in [0.25, 0.3) is 0 Å². The van der Waals surface area contributed by atoms with Gasteiger partial charge in [-0.1, -0.05) is 60.2 Å². The Morgan fingerprint density at radius 2 is 1.78 bits per heavy atom. The Morgan fingerprint density at radius 3 is 2.52 bits per heavy atom. The standard InChI is InChI=1S/C23H28N2O2/c1-18-12-14-19(15-13-18)9-5-11-22(26)25-16-6-10-21(25)23(27)24-17-20-7-3-2-4-8-20/h2-4,7-8,12-15,21H,5-6,9-11,16-17H2,1H3,(H,24,27)/t21-/m1/s1. The summed E-state index contributed by atoms with van der Waals surface area (Å²) in [6, 6.07) is 18.0. The molecule has 1 saturated heterocycles. The largest absolute Gasteiger partial charge is 0.350 e. The number of likely N-dealkylation sites (tertiary alicyclic amines) is 1. The van der Waals surface area contributed by atoms with Crippen molar-refractivity contribution < 1.29 is 9.59 Å². The lowest BCUT2D eigenvalue weighted by Crippen LogP contribution is -2.45. The monoisotopic (exact) mass is 364 g/mol. The van der Waals surface area contributed by atoms with Crippen LogP contribution in [-0.2, 0) is 22.6 Å². The second kappa shape index (κ2) is 9.36. The normalized spacial score (nSPS) is 16.3. The zero-order chi connectivity index (χ0) is 19.1. The molecule has 1 aliphatic rings. The summed E-state index contributed by atoms with van der Waals surface area (Å²) in [4.78, 5) is 27.0. The molecule has 2 aromatic rings. The zero-order valence-corrected chi connectivity index (χ0v) is 16.0. The summed E-state index contributed by atoms with van der Waals surface area (Å²) >= 11 is 0. The van der Waals surface area contributed by atoms with Crippen molar-refractivity contribution in [1.29, 1.82) is 0 Å². The fourth-order valence-corrected chi connectivity index (χ4v) is 3.58. The number of carbonyl (C=O) groups excluding carboxylic acids is 2. The van der Waals surface area contributed by atoms with Gasteiger partial charge in [-0.25, -0.2) is 0 Å². The molecule has 0 spiro atoms. The summed E-state index contributed by atoms with van der Waals surface area (Å²) < 4.78 is 0. The number of carbonyl (C=O) groups is 2. The number of amides is 2. The fourth-order valence-electron chi connectivity index (χ4n) is 3.58. The van der Waals surface area contributed by atoms with Crippen molar-refractivity contribution in [2.24, 2.45) is 0 Å². The first-order valence-electron chi connectivity index (χ1n) is 9.80. The molecule has 2 aromatic carbocycles. The minimum Gasteiger partial charge on any atom is -0.350 e. The molecule has 0 aliphatic carbocycles. The molecule has 0 aromatic heterocycles. The summed E-state index contributed by atoms with van der Waals surface area (Å²) in [7, 11) is 0. The van der Waals surface area contributed by atoms with Crippen molar-refractivity contribution in [2.45, 2.75) is 51.6 Å². The second-order valence-electron chi connectivity index (χ2n) is 7.29. The van der Waals surface area contributed by atoms with Gasteiger partial charge in [-0.15, -0.1) is 0 Å². The Kier molecular flexibility index (Phi) is 6.64. The highest BCUT2D eigenvalue weighted by Crippen LogP contribution is 2.20. The van der Waals surface area contributed by atoms with Crippen molar-refractivity contribution in [3.63, 3.8) is 0 Å². The topological polar surface area (TPSA) is 49.4 Å². The van der Waals surface area contributed by atoms with Gasteiger partial charge in [-0.3, -0.25) is 9.59 Å². The van der Waals surface area contributed by atoms with Gasteiger partial charge in [-0.2, -0.15) is 0 Å². The molecule has 3 rings (SSSR count). The molecule has 1 aliphatic heterocycles. The lowest BCUT2D eigenvalue weighted by Gasteiger charge is -2.24. The highest BCUT2D eigenvalue weighted by Gasteiger charge is 2.33. The van der Waals surface area contributed by atoms with E-state index in [1.54, 1.807) is 4.90 Å². The third-order valence-electron chi connectivity index (χ3n) is 5.16. The smallest absolute Gasteiger partial charge is 0.243 e. The number of nitrogens with one attached hydrogen (secondary N) is 1. The predicted molar refractivity (Wildman–Crippen MR) is 107 cm³/mol. The van der Waals surface area contributed by atoms with Crippen molar-refractivity contribution in [2.75, 3.05) is 6.54 Å². The van der Waals surface area contributed by atoms with Crippen LogP contribution in [0.1, 0.15) is 42.4 Å².